The third-order valence-electron chi connectivity index (χ3n) is 2.68. The Labute approximate surface area is 110 Å². The van der Waals surface area contributed by atoms with E-state index in [2.05, 4.69) is 10.3 Å². The van der Waals surface area contributed by atoms with Gasteiger partial charge in [-0.15, -0.1) is 0 Å². The van der Waals surface area contributed by atoms with Gasteiger partial charge in [0.1, 0.15) is 11.6 Å². The van der Waals surface area contributed by atoms with Crippen molar-refractivity contribution < 1.29 is 4.39 Å². The highest BCUT2D eigenvalue weighted by Gasteiger charge is 2.06. The lowest BCUT2D eigenvalue weighted by molar-refractivity contribution is 0.629. The number of nitrogens with zero attached hydrogens (tertiary/aromatic N) is 2. The minimum absolute atomic E-state index is 0.0590. The van der Waals surface area contributed by atoms with Crippen LogP contribution in [0.2, 0.25) is 5.02 Å². The number of aromatic nitrogens is 2. The van der Waals surface area contributed by atoms with E-state index in [9.17, 15) is 4.39 Å². The molecular formula is C12H14ClFN4. The summed E-state index contributed by atoms with van der Waals surface area (Å²) in [6.45, 7) is 0.650. The Kier molecular flexibility index (Phi) is 3.72. The van der Waals surface area contributed by atoms with Crippen LogP contribution in [0.1, 0.15) is 5.82 Å². The van der Waals surface area contributed by atoms with Crippen LogP contribution in [0.3, 0.4) is 0 Å². The minimum atomic E-state index is -0.510. The van der Waals surface area contributed by atoms with Crippen molar-refractivity contribution >= 4 is 23.0 Å². The Morgan fingerprint density at radius 3 is 2.94 bits per heavy atom. The number of hydrogen-bond donors (Lipinski definition) is 2. The molecule has 0 aliphatic rings. The number of aryl methyl sites for hydroxylation is 1. The van der Waals surface area contributed by atoms with Crippen LogP contribution in [0.15, 0.2) is 24.5 Å². The van der Waals surface area contributed by atoms with Crippen molar-refractivity contribution in [3.05, 3.63) is 41.2 Å². The molecule has 0 saturated heterocycles. The fourth-order valence-corrected chi connectivity index (χ4v) is 1.83. The second-order valence-corrected chi connectivity index (χ2v) is 4.39. The van der Waals surface area contributed by atoms with E-state index >= 15 is 0 Å². The van der Waals surface area contributed by atoms with Crippen LogP contribution in [-0.2, 0) is 13.5 Å². The molecule has 4 nitrogen and oxygen atoms in total. The molecule has 96 valence electrons. The Bertz CT molecular complexity index is 553. The van der Waals surface area contributed by atoms with Gasteiger partial charge in [0.25, 0.3) is 0 Å². The van der Waals surface area contributed by atoms with Gasteiger partial charge in [-0.05, 0) is 6.07 Å². The first kappa shape index (κ1) is 12.7. The quantitative estimate of drug-likeness (QED) is 0.838. The Hall–Kier alpha value is -1.75. The van der Waals surface area contributed by atoms with E-state index in [-0.39, 0.29) is 5.02 Å². The van der Waals surface area contributed by atoms with Crippen molar-refractivity contribution in [1.82, 2.24) is 9.55 Å². The molecule has 1 aromatic carbocycles. The molecule has 0 bridgehead atoms. The molecule has 3 N–H and O–H groups in total. The lowest BCUT2D eigenvalue weighted by Crippen LogP contribution is -2.10. The van der Waals surface area contributed by atoms with Gasteiger partial charge in [-0.2, -0.15) is 0 Å². The van der Waals surface area contributed by atoms with Crippen molar-refractivity contribution in [3.63, 3.8) is 0 Å². The normalized spacial score (nSPS) is 10.6. The van der Waals surface area contributed by atoms with Crippen LogP contribution in [0.25, 0.3) is 0 Å². The molecule has 0 fully saturated rings. The monoisotopic (exact) mass is 268 g/mol. The predicted octanol–water partition coefficient (Wildman–Crippen LogP) is 2.45. The maximum absolute atomic E-state index is 13.1. The van der Waals surface area contributed by atoms with Crippen LogP contribution >= 0.6 is 11.6 Å². The second kappa shape index (κ2) is 5.27. The van der Waals surface area contributed by atoms with Gasteiger partial charge in [-0.1, -0.05) is 11.6 Å². The van der Waals surface area contributed by atoms with Gasteiger partial charge in [-0.25, -0.2) is 9.37 Å². The van der Waals surface area contributed by atoms with Crippen LogP contribution < -0.4 is 11.1 Å². The molecule has 0 spiro atoms. The molecule has 0 aliphatic heterocycles. The number of nitrogens with one attached hydrogen (secondary N) is 1. The largest absolute Gasteiger partial charge is 0.397 e. The summed E-state index contributed by atoms with van der Waals surface area (Å²) < 4.78 is 15.1. The van der Waals surface area contributed by atoms with Crippen molar-refractivity contribution in [1.29, 1.82) is 0 Å². The molecule has 0 radical (unpaired) electrons. The third kappa shape index (κ3) is 2.73. The Morgan fingerprint density at radius 2 is 2.28 bits per heavy atom. The molecule has 1 aromatic heterocycles. The molecule has 1 heterocycles. The molecular weight excluding hydrogens is 255 g/mol. The minimum Gasteiger partial charge on any atom is -0.397 e. The molecule has 2 aromatic rings. The van der Waals surface area contributed by atoms with Gasteiger partial charge in [0.2, 0.25) is 0 Å². The first-order chi connectivity index (χ1) is 8.58. The van der Waals surface area contributed by atoms with E-state index in [0.29, 0.717) is 17.9 Å². The lowest BCUT2D eigenvalue weighted by atomic mass is 10.2. The second-order valence-electron chi connectivity index (χ2n) is 3.98. The molecule has 0 saturated carbocycles. The van der Waals surface area contributed by atoms with Crippen LogP contribution in [-0.4, -0.2) is 16.1 Å². The SMILES string of the molecule is Cn1ccnc1CCNc1cc(Cl)c(F)cc1N. The van der Waals surface area contributed by atoms with Gasteiger partial charge in [0.15, 0.2) is 0 Å². The van der Waals surface area contributed by atoms with Gasteiger partial charge >= 0.3 is 0 Å². The zero-order valence-electron chi connectivity index (χ0n) is 9.95. The van der Waals surface area contributed by atoms with Crippen molar-refractivity contribution in [3.8, 4) is 0 Å². The van der Waals surface area contributed by atoms with Crippen molar-refractivity contribution in [2.24, 2.45) is 7.05 Å². The van der Waals surface area contributed by atoms with Crippen molar-refractivity contribution in [2.75, 3.05) is 17.6 Å². The molecule has 6 heteroatoms. The van der Waals surface area contributed by atoms with Crippen LogP contribution in [0.5, 0.6) is 0 Å². The summed E-state index contributed by atoms with van der Waals surface area (Å²) in [5.74, 6) is 0.457. The standard InChI is InChI=1S/C12H14ClFN4/c1-18-5-4-17-12(18)2-3-16-11-6-8(13)9(14)7-10(11)15/h4-7,16H,2-3,15H2,1H3. The van der Waals surface area contributed by atoms with E-state index in [1.165, 1.54) is 12.1 Å². The smallest absolute Gasteiger partial charge is 0.143 e. The van der Waals surface area contributed by atoms with E-state index in [1.807, 2.05) is 17.8 Å². The summed E-state index contributed by atoms with van der Waals surface area (Å²) in [7, 11) is 1.94. The van der Waals surface area contributed by atoms with Gasteiger partial charge in [0.05, 0.1) is 16.4 Å². The first-order valence-corrected chi connectivity index (χ1v) is 5.90. The van der Waals surface area contributed by atoms with Gasteiger partial charge in [0, 0.05) is 38.5 Å². The highest BCUT2D eigenvalue weighted by Crippen LogP contribution is 2.26. The lowest BCUT2D eigenvalue weighted by Gasteiger charge is -2.10. The Morgan fingerprint density at radius 1 is 1.50 bits per heavy atom. The molecule has 0 amide bonds. The fourth-order valence-electron chi connectivity index (χ4n) is 1.66. The number of hydrogen-bond acceptors (Lipinski definition) is 3. The summed E-state index contributed by atoms with van der Waals surface area (Å²) in [6.07, 6.45) is 4.38. The fraction of sp³-hybridized carbons (Fsp3) is 0.250. The third-order valence-corrected chi connectivity index (χ3v) is 2.97. The average molecular weight is 269 g/mol. The number of imidazole rings is 1. The zero-order valence-corrected chi connectivity index (χ0v) is 10.7. The maximum atomic E-state index is 13.1. The summed E-state index contributed by atoms with van der Waals surface area (Å²) in [4.78, 5) is 4.21. The molecule has 0 aliphatic carbocycles. The summed E-state index contributed by atoms with van der Waals surface area (Å²) >= 11 is 5.70. The van der Waals surface area contributed by atoms with Crippen molar-refractivity contribution in [2.45, 2.75) is 6.42 Å². The first-order valence-electron chi connectivity index (χ1n) is 5.52. The van der Waals surface area contributed by atoms with E-state index < -0.39 is 5.82 Å². The van der Waals surface area contributed by atoms with Gasteiger partial charge < -0.3 is 15.6 Å². The highest BCUT2D eigenvalue weighted by molar-refractivity contribution is 6.31. The predicted molar refractivity (Wildman–Crippen MR) is 71.2 cm³/mol. The van der Waals surface area contributed by atoms with E-state index in [1.54, 1.807) is 6.20 Å². The zero-order chi connectivity index (χ0) is 13.1. The topological polar surface area (TPSA) is 55.9 Å². The van der Waals surface area contributed by atoms with Crippen LogP contribution in [0, 0.1) is 5.82 Å². The summed E-state index contributed by atoms with van der Waals surface area (Å²) in [6, 6.07) is 2.70. The molecule has 0 unspecified atom stereocenters. The highest BCUT2D eigenvalue weighted by atomic mass is 35.5. The number of halogens is 2. The average Bonchev–Trinajstić information content (AvgIpc) is 2.72. The molecule has 2 rings (SSSR count). The number of nitrogens with two attached hydrogens (primary N) is 1. The number of anilines is 2. The molecule has 0 atom stereocenters. The number of rotatable bonds is 4. The summed E-state index contributed by atoms with van der Waals surface area (Å²) in [5.41, 5.74) is 6.68. The van der Waals surface area contributed by atoms with Gasteiger partial charge in [-0.3, -0.25) is 0 Å². The van der Waals surface area contributed by atoms with E-state index in [0.717, 1.165) is 12.2 Å². The number of benzene rings is 1. The van der Waals surface area contributed by atoms with E-state index in [4.69, 9.17) is 17.3 Å². The van der Waals surface area contributed by atoms with Crippen LogP contribution in [0.4, 0.5) is 15.8 Å². The maximum Gasteiger partial charge on any atom is 0.143 e. The summed E-state index contributed by atoms with van der Waals surface area (Å²) in [5, 5.41) is 3.18. The number of nitrogen functional groups attached to an aromatic ring is 1. The molecule has 18 heavy (non-hydrogen) atoms. The Balaban J connectivity index is 1.99.